The molecule has 242 valence electrons. The Balaban J connectivity index is 1.05. The standard InChI is InChI=1S/C38H45N3O5/c42-29-41-35-25-34(21-22-37(35)45-27-32-13-3-1-4-14-32)36(43)26-39-23-9-7-11-30-17-19-31(20-18-30)12-8-10-24-40-38(44)46-28-33-15-5-2-6-16-33/h1-6,13-22,25,29,36,39,43H,7-12,23-24,26-28H2,(H,40,44)(H,41,42). The van der Waals surface area contributed by atoms with E-state index in [1.54, 1.807) is 12.1 Å². The van der Waals surface area contributed by atoms with Crippen molar-refractivity contribution in [2.45, 2.75) is 57.8 Å². The van der Waals surface area contributed by atoms with E-state index >= 15 is 0 Å². The number of aliphatic hydroxyl groups is 1. The molecule has 0 radical (unpaired) electrons. The summed E-state index contributed by atoms with van der Waals surface area (Å²) < 4.78 is 11.1. The maximum absolute atomic E-state index is 11.9. The van der Waals surface area contributed by atoms with Crippen LogP contribution >= 0.6 is 0 Å². The first kappa shape index (κ1) is 34.2. The smallest absolute Gasteiger partial charge is 0.407 e. The second-order valence-electron chi connectivity index (χ2n) is 11.2. The number of carbonyl (C=O) groups excluding carboxylic acids is 2. The zero-order chi connectivity index (χ0) is 32.2. The molecule has 1 atom stereocenters. The van der Waals surface area contributed by atoms with Crippen LogP contribution in [0.5, 0.6) is 5.75 Å². The average molecular weight is 624 g/mol. The van der Waals surface area contributed by atoms with Crippen molar-refractivity contribution in [2.24, 2.45) is 0 Å². The van der Waals surface area contributed by atoms with Gasteiger partial charge in [0.05, 0.1) is 11.8 Å². The lowest BCUT2D eigenvalue weighted by Crippen LogP contribution is -2.25. The van der Waals surface area contributed by atoms with Gasteiger partial charge in [-0.2, -0.15) is 0 Å². The van der Waals surface area contributed by atoms with Gasteiger partial charge in [0.2, 0.25) is 6.41 Å². The molecule has 0 aliphatic carbocycles. The number of carbonyl (C=O) groups is 2. The van der Waals surface area contributed by atoms with Crippen molar-refractivity contribution in [2.75, 3.05) is 25.0 Å². The van der Waals surface area contributed by atoms with Gasteiger partial charge >= 0.3 is 6.09 Å². The third kappa shape index (κ3) is 12.4. The summed E-state index contributed by atoms with van der Waals surface area (Å²) in [4.78, 5) is 23.0. The van der Waals surface area contributed by atoms with Gasteiger partial charge in [-0.25, -0.2) is 4.79 Å². The zero-order valence-electron chi connectivity index (χ0n) is 26.3. The molecule has 8 heteroatoms. The van der Waals surface area contributed by atoms with Crippen LogP contribution in [0.15, 0.2) is 103 Å². The number of unbranched alkanes of at least 4 members (excludes halogenated alkanes) is 2. The minimum absolute atomic E-state index is 0.281. The molecule has 4 aromatic rings. The third-order valence-electron chi connectivity index (χ3n) is 7.64. The largest absolute Gasteiger partial charge is 0.487 e. The van der Waals surface area contributed by atoms with Gasteiger partial charge in [-0.05, 0) is 85.0 Å². The number of amides is 2. The predicted molar refractivity (Wildman–Crippen MR) is 182 cm³/mol. The molecule has 0 saturated carbocycles. The Hall–Kier alpha value is -4.66. The number of benzene rings is 4. The van der Waals surface area contributed by atoms with Crippen molar-refractivity contribution in [1.29, 1.82) is 0 Å². The topological polar surface area (TPSA) is 109 Å². The Morgan fingerprint density at radius 2 is 1.33 bits per heavy atom. The van der Waals surface area contributed by atoms with Gasteiger partial charge in [0.1, 0.15) is 19.0 Å². The molecule has 0 aliphatic rings. The number of nitrogens with one attached hydrogen (secondary N) is 3. The Morgan fingerprint density at radius 3 is 1.96 bits per heavy atom. The minimum Gasteiger partial charge on any atom is -0.487 e. The summed E-state index contributed by atoms with van der Waals surface area (Å²) in [6, 6.07) is 33.6. The van der Waals surface area contributed by atoms with Gasteiger partial charge < -0.3 is 30.5 Å². The maximum atomic E-state index is 11.9. The maximum Gasteiger partial charge on any atom is 0.407 e. The number of anilines is 1. The Kier molecular flexibility index (Phi) is 14.6. The lowest BCUT2D eigenvalue weighted by atomic mass is 10.0. The Morgan fingerprint density at radius 1 is 0.717 bits per heavy atom. The van der Waals surface area contributed by atoms with Crippen molar-refractivity contribution in [3.63, 3.8) is 0 Å². The number of aryl methyl sites for hydroxylation is 2. The average Bonchev–Trinajstić information content (AvgIpc) is 3.09. The van der Waals surface area contributed by atoms with E-state index in [1.807, 2.05) is 66.7 Å². The monoisotopic (exact) mass is 623 g/mol. The van der Waals surface area contributed by atoms with Gasteiger partial charge in [0, 0.05) is 13.1 Å². The van der Waals surface area contributed by atoms with Gasteiger partial charge in [-0.3, -0.25) is 4.79 Å². The van der Waals surface area contributed by atoms with Crippen molar-refractivity contribution in [1.82, 2.24) is 10.6 Å². The molecular weight excluding hydrogens is 578 g/mol. The molecule has 1 unspecified atom stereocenters. The van der Waals surface area contributed by atoms with Crippen LogP contribution < -0.4 is 20.7 Å². The fourth-order valence-corrected chi connectivity index (χ4v) is 5.02. The highest BCUT2D eigenvalue weighted by Crippen LogP contribution is 2.29. The van der Waals surface area contributed by atoms with E-state index in [0.717, 1.165) is 56.2 Å². The highest BCUT2D eigenvalue weighted by molar-refractivity contribution is 5.76. The Bertz CT molecular complexity index is 1450. The Labute approximate surface area is 272 Å². The zero-order valence-corrected chi connectivity index (χ0v) is 26.3. The van der Waals surface area contributed by atoms with Crippen LogP contribution in [0.25, 0.3) is 0 Å². The molecule has 0 heterocycles. The van der Waals surface area contributed by atoms with E-state index < -0.39 is 6.10 Å². The number of hydrogen-bond donors (Lipinski definition) is 4. The molecule has 0 saturated heterocycles. The van der Waals surface area contributed by atoms with Crippen molar-refractivity contribution >= 4 is 18.2 Å². The van der Waals surface area contributed by atoms with Crippen molar-refractivity contribution in [3.05, 3.63) is 131 Å². The first-order valence-corrected chi connectivity index (χ1v) is 16.0. The molecule has 0 aromatic heterocycles. The van der Waals surface area contributed by atoms with E-state index in [0.29, 0.717) is 43.1 Å². The SMILES string of the molecule is O=CNc1cc(C(O)CNCCCCc2ccc(CCCCNC(=O)OCc3ccccc3)cc2)ccc1OCc1ccccc1. The highest BCUT2D eigenvalue weighted by Gasteiger charge is 2.12. The highest BCUT2D eigenvalue weighted by atomic mass is 16.5. The van der Waals surface area contributed by atoms with Gasteiger partial charge in [-0.1, -0.05) is 91.0 Å². The van der Waals surface area contributed by atoms with Gasteiger partial charge in [0.15, 0.2) is 0 Å². The number of ether oxygens (including phenoxy) is 2. The summed E-state index contributed by atoms with van der Waals surface area (Å²) in [5.41, 5.74) is 5.86. The lowest BCUT2D eigenvalue weighted by molar-refractivity contribution is -0.105. The fourth-order valence-electron chi connectivity index (χ4n) is 5.02. The molecule has 8 nitrogen and oxygen atoms in total. The second-order valence-corrected chi connectivity index (χ2v) is 11.2. The molecular formula is C38H45N3O5. The molecule has 0 spiro atoms. The van der Waals surface area contributed by atoms with Crippen LogP contribution in [-0.2, 0) is 35.6 Å². The number of rotatable bonds is 20. The first-order chi connectivity index (χ1) is 22.6. The molecule has 46 heavy (non-hydrogen) atoms. The number of hydrogen-bond acceptors (Lipinski definition) is 6. The summed E-state index contributed by atoms with van der Waals surface area (Å²) >= 11 is 0. The molecule has 4 aromatic carbocycles. The summed E-state index contributed by atoms with van der Waals surface area (Å²) in [5.74, 6) is 0.555. The fraction of sp³-hybridized carbons (Fsp3) is 0.316. The van der Waals surface area contributed by atoms with Crippen LogP contribution in [-0.4, -0.2) is 37.2 Å². The van der Waals surface area contributed by atoms with E-state index in [1.165, 1.54) is 11.1 Å². The molecule has 0 fully saturated rings. The predicted octanol–water partition coefficient (Wildman–Crippen LogP) is 6.73. The molecule has 0 bridgehead atoms. The van der Waals surface area contributed by atoms with E-state index in [9.17, 15) is 14.7 Å². The van der Waals surface area contributed by atoms with Crippen LogP contribution in [0.3, 0.4) is 0 Å². The van der Waals surface area contributed by atoms with Gasteiger partial charge in [-0.15, -0.1) is 0 Å². The van der Waals surface area contributed by atoms with Crippen LogP contribution in [0.4, 0.5) is 10.5 Å². The summed E-state index contributed by atoms with van der Waals surface area (Å²) in [5, 5.41) is 19.5. The van der Waals surface area contributed by atoms with Crippen LogP contribution in [0, 0.1) is 0 Å². The number of aliphatic hydroxyl groups excluding tert-OH is 1. The molecule has 4 N–H and O–H groups in total. The molecule has 4 rings (SSSR count). The summed E-state index contributed by atoms with van der Waals surface area (Å²) in [6.07, 6.45) is 5.46. The summed E-state index contributed by atoms with van der Waals surface area (Å²) in [6.45, 7) is 2.50. The second kappa shape index (κ2) is 19.7. The minimum atomic E-state index is -0.702. The van der Waals surface area contributed by atoms with Crippen LogP contribution in [0.1, 0.15) is 59.6 Å². The molecule has 0 aliphatic heterocycles. The van der Waals surface area contributed by atoms with Crippen molar-refractivity contribution in [3.8, 4) is 5.75 Å². The third-order valence-corrected chi connectivity index (χ3v) is 7.64. The van der Waals surface area contributed by atoms with Crippen LogP contribution in [0.2, 0.25) is 0 Å². The quantitative estimate of drug-likeness (QED) is 0.0642. The normalized spacial score (nSPS) is 11.4. The van der Waals surface area contributed by atoms with Gasteiger partial charge in [0.25, 0.3) is 0 Å². The van der Waals surface area contributed by atoms with E-state index in [2.05, 4.69) is 40.2 Å². The lowest BCUT2D eigenvalue weighted by Gasteiger charge is -2.16. The van der Waals surface area contributed by atoms with Crippen molar-refractivity contribution < 1.29 is 24.2 Å². The number of alkyl carbamates (subject to hydrolysis) is 1. The van der Waals surface area contributed by atoms with E-state index in [4.69, 9.17) is 9.47 Å². The first-order valence-electron chi connectivity index (χ1n) is 16.0. The summed E-state index contributed by atoms with van der Waals surface area (Å²) in [7, 11) is 0. The van der Waals surface area contributed by atoms with E-state index in [-0.39, 0.29) is 12.7 Å². The molecule has 2 amide bonds.